The number of hydrogen-bond donors (Lipinski definition) is 0. The van der Waals surface area contributed by atoms with Crippen LogP contribution in [0.25, 0.3) is 10.9 Å². The summed E-state index contributed by atoms with van der Waals surface area (Å²) >= 11 is 0. The highest BCUT2D eigenvalue weighted by atomic mass is 19.1. The third kappa shape index (κ3) is 3.18. The van der Waals surface area contributed by atoms with Gasteiger partial charge in [-0.3, -0.25) is 0 Å². The number of carbonyl (C=O) groups excluding carboxylic acids is 1. The first-order valence-corrected chi connectivity index (χ1v) is 7.23. The summed E-state index contributed by atoms with van der Waals surface area (Å²) in [5, 5.41) is 0.848. The number of benzene rings is 2. The second-order valence-corrected chi connectivity index (χ2v) is 5.05. The first-order chi connectivity index (χ1) is 11.2. The fourth-order valence-corrected chi connectivity index (χ4v) is 2.50. The molecule has 0 aliphatic carbocycles. The molecule has 3 rings (SSSR count). The molecule has 0 aliphatic rings. The largest absolute Gasteiger partial charge is 0.492 e. The van der Waals surface area contributed by atoms with Gasteiger partial charge in [-0.2, -0.15) is 0 Å². The van der Waals surface area contributed by atoms with Gasteiger partial charge in [-0.25, -0.2) is 9.18 Å². The van der Waals surface area contributed by atoms with Crippen LogP contribution < -0.4 is 4.74 Å². The van der Waals surface area contributed by atoms with E-state index in [0.29, 0.717) is 24.5 Å². The van der Waals surface area contributed by atoms with Gasteiger partial charge >= 0.3 is 5.97 Å². The van der Waals surface area contributed by atoms with E-state index in [0.717, 1.165) is 10.9 Å². The molecular weight excluding hydrogens is 297 g/mol. The van der Waals surface area contributed by atoms with Gasteiger partial charge in [0.25, 0.3) is 0 Å². The average molecular weight is 313 g/mol. The van der Waals surface area contributed by atoms with Crippen molar-refractivity contribution in [2.75, 3.05) is 13.7 Å². The fourth-order valence-electron chi connectivity index (χ4n) is 2.50. The van der Waals surface area contributed by atoms with Gasteiger partial charge in [-0.1, -0.05) is 18.2 Å². The number of ether oxygens (including phenoxy) is 2. The Labute approximate surface area is 133 Å². The van der Waals surface area contributed by atoms with Gasteiger partial charge in [0.2, 0.25) is 0 Å². The van der Waals surface area contributed by atoms with E-state index in [4.69, 9.17) is 9.47 Å². The van der Waals surface area contributed by atoms with E-state index < -0.39 is 0 Å². The second-order valence-electron chi connectivity index (χ2n) is 5.05. The maximum atomic E-state index is 12.9. The maximum absolute atomic E-state index is 12.9. The Balaban J connectivity index is 1.77. The first kappa shape index (κ1) is 15.1. The fraction of sp³-hybridized carbons (Fsp3) is 0.167. The van der Waals surface area contributed by atoms with Gasteiger partial charge in [0.1, 0.15) is 18.2 Å². The molecule has 1 heterocycles. The van der Waals surface area contributed by atoms with Crippen LogP contribution >= 0.6 is 0 Å². The standard InChI is InChI=1S/C18H16FNO3/c1-22-18(21)16-12-20(17-5-3-2-4-15(16)17)10-11-23-14-8-6-13(19)7-9-14/h2-9,12H,10-11H2,1H3. The molecule has 0 amide bonds. The van der Waals surface area contributed by atoms with Crippen LogP contribution in [-0.2, 0) is 11.3 Å². The number of halogens is 1. The zero-order valence-electron chi connectivity index (χ0n) is 12.7. The minimum absolute atomic E-state index is 0.295. The van der Waals surface area contributed by atoms with Gasteiger partial charge in [-0.05, 0) is 30.3 Å². The van der Waals surface area contributed by atoms with Crippen molar-refractivity contribution in [3.8, 4) is 5.75 Å². The van der Waals surface area contributed by atoms with Crippen LogP contribution in [0.2, 0.25) is 0 Å². The Morgan fingerprint density at radius 1 is 1.13 bits per heavy atom. The summed E-state index contributed by atoms with van der Waals surface area (Å²) in [5.74, 6) is -0.0491. The van der Waals surface area contributed by atoms with Crippen molar-refractivity contribution in [2.24, 2.45) is 0 Å². The van der Waals surface area contributed by atoms with Gasteiger partial charge in [0, 0.05) is 17.1 Å². The summed E-state index contributed by atoms with van der Waals surface area (Å²) < 4.78 is 25.2. The summed E-state index contributed by atoms with van der Waals surface area (Å²) in [6, 6.07) is 13.5. The van der Waals surface area contributed by atoms with E-state index in [9.17, 15) is 9.18 Å². The molecular formula is C18H16FNO3. The molecule has 3 aromatic rings. The SMILES string of the molecule is COC(=O)c1cn(CCOc2ccc(F)cc2)c2ccccc12. The molecule has 2 aromatic carbocycles. The van der Waals surface area contributed by atoms with Gasteiger partial charge in [0.05, 0.1) is 19.2 Å². The van der Waals surface area contributed by atoms with Crippen molar-refractivity contribution in [1.82, 2.24) is 4.57 Å². The smallest absolute Gasteiger partial charge is 0.340 e. The van der Waals surface area contributed by atoms with Crippen molar-refractivity contribution in [2.45, 2.75) is 6.54 Å². The molecule has 1 aromatic heterocycles. The third-order valence-corrected chi connectivity index (χ3v) is 3.61. The number of fused-ring (bicyclic) bond motifs is 1. The molecule has 0 fully saturated rings. The van der Waals surface area contributed by atoms with Crippen molar-refractivity contribution in [3.63, 3.8) is 0 Å². The molecule has 0 N–H and O–H groups in total. The summed E-state index contributed by atoms with van der Waals surface area (Å²) in [7, 11) is 1.37. The molecule has 0 bridgehead atoms. The summed E-state index contributed by atoms with van der Waals surface area (Å²) in [6.07, 6.45) is 1.77. The van der Waals surface area contributed by atoms with Crippen molar-refractivity contribution < 1.29 is 18.7 Å². The van der Waals surface area contributed by atoms with Crippen LogP contribution in [0.4, 0.5) is 4.39 Å². The lowest BCUT2D eigenvalue weighted by Crippen LogP contribution is -2.07. The van der Waals surface area contributed by atoms with E-state index in [1.807, 2.05) is 28.8 Å². The minimum atomic E-state index is -0.362. The van der Waals surface area contributed by atoms with Gasteiger partial charge < -0.3 is 14.0 Å². The number of esters is 1. The topological polar surface area (TPSA) is 40.5 Å². The molecule has 0 unspecified atom stereocenters. The first-order valence-electron chi connectivity index (χ1n) is 7.23. The Hall–Kier alpha value is -2.82. The summed E-state index contributed by atoms with van der Waals surface area (Å²) in [6.45, 7) is 0.972. The van der Waals surface area contributed by atoms with Crippen LogP contribution in [0.1, 0.15) is 10.4 Å². The Kier molecular flexibility index (Phi) is 4.28. The third-order valence-electron chi connectivity index (χ3n) is 3.61. The van der Waals surface area contributed by atoms with E-state index in [1.54, 1.807) is 18.3 Å². The van der Waals surface area contributed by atoms with Crippen molar-refractivity contribution in [1.29, 1.82) is 0 Å². The highest BCUT2D eigenvalue weighted by molar-refractivity contribution is 6.04. The molecule has 4 nitrogen and oxygen atoms in total. The quantitative estimate of drug-likeness (QED) is 0.675. The lowest BCUT2D eigenvalue weighted by molar-refractivity contribution is 0.0602. The molecule has 118 valence electrons. The monoisotopic (exact) mass is 313 g/mol. The highest BCUT2D eigenvalue weighted by Gasteiger charge is 2.14. The number of aromatic nitrogens is 1. The van der Waals surface area contributed by atoms with E-state index in [-0.39, 0.29) is 11.8 Å². The van der Waals surface area contributed by atoms with Crippen LogP contribution in [0.5, 0.6) is 5.75 Å². The van der Waals surface area contributed by atoms with Crippen LogP contribution in [0, 0.1) is 5.82 Å². The Morgan fingerprint density at radius 3 is 2.61 bits per heavy atom. The van der Waals surface area contributed by atoms with Crippen LogP contribution in [0.15, 0.2) is 54.7 Å². The van der Waals surface area contributed by atoms with Gasteiger partial charge in [0.15, 0.2) is 0 Å². The van der Waals surface area contributed by atoms with Crippen LogP contribution in [0.3, 0.4) is 0 Å². The lowest BCUT2D eigenvalue weighted by atomic mass is 10.2. The van der Waals surface area contributed by atoms with E-state index >= 15 is 0 Å². The number of nitrogens with zero attached hydrogens (tertiary/aromatic N) is 1. The summed E-state index contributed by atoms with van der Waals surface area (Å²) in [4.78, 5) is 11.9. The molecule has 0 atom stereocenters. The Morgan fingerprint density at radius 2 is 1.87 bits per heavy atom. The molecule has 0 saturated heterocycles. The van der Waals surface area contributed by atoms with Crippen LogP contribution in [-0.4, -0.2) is 24.3 Å². The second kappa shape index (κ2) is 6.52. The van der Waals surface area contributed by atoms with Gasteiger partial charge in [-0.15, -0.1) is 0 Å². The average Bonchev–Trinajstić information content (AvgIpc) is 2.95. The highest BCUT2D eigenvalue weighted by Crippen LogP contribution is 2.22. The zero-order valence-corrected chi connectivity index (χ0v) is 12.7. The minimum Gasteiger partial charge on any atom is -0.492 e. The number of para-hydroxylation sites is 1. The predicted molar refractivity (Wildman–Crippen MR) is 85.2 cm³/mol. The number of hydrogen-bond acceptors (Lipinski definition) is 3. The Bertz CT molecular complexity index is 824. The number of rotatable bonds is 5. The predicted octanol–water partition coefficient (Wildman–Crippen LogP) is 3.65. The molecule has 0 radical (unpaired) electrons. The zero-order chi connectivity index (χ0) is 16.2. The molecule has 5 heteroatoms. The van der Waals surface area contributed by atoms with Crippen molar-refractivity contribution >= 4 is 16.9 Å². The molecule has 0 saturated carbocycles. The number of carbonyl (C=O) groups is 1. The molecule has 0 spiro atoms. The van der Waals surface area contributed by atoms with E-state index in [1.165, 1.54) is 19.2 Å². The lowest BCUT2D eigenvalue weighted by Gasteiger charge is -2.08. The molecule has 23 heavy (non-hydrogen) atoms. The molecule has 0 aliphatic heterocycles. The summed E-state index contributed by atoms with van der Waals surface area (Å²) in [5.41, 5.74) is 1.47. The normalized spacial score (nSPS) is 10.7. The number of methoxy groups -OCH3 is 1. The van der Waals surface area contributed by atoms with Crippen molar-refractivity contribution in [3.05, 3.63) is 66.1 Å². The van der Waals surface area contributed by atoms with E-state index in [2.05, 4.69) is 0 Å². The maximum Gasteiger partial charge on any atom is 0.340 e.